The molecule has 34 heavy (non-hydrogen) atoms. The van der Waals surface area contributed by atoms with Gasteiger partial charge in [0.2, 0.25) is 15.9 Å². The van der Waals surface area contributed by atoms with Crippen LogP contribution in [0, 0.1) is 10.1 Å². The number of benzene rings is 2. The normalized spacial score (nSPS) is 14.4. The van der Waals surface area contributed by atoms with E-state index in [9.17, 15) is 23.3 Å². The summed E-state index contributed by atoms with van der Waals surface area (Å²) in [4.78, 5) is 27.4. The highest BCUT2D eigenvalue weighted by molar-refractivity contribution is 7.89. The van der Waals surface area contributed by atoms with Crippen molar-refractivity contribution < 1.29 is 22.9 Å². The predicted octanol–water partition coefficient (Wildman–Crippen LogP) is 2.53. The molecule has 184 valence electrons. The molecule has 0 N–H and O–H groups in total. The van der Waals surface area contributed by atoms with Crippen molar-refractivity contribution in [3.05, 3.63) is 58.1 Å². The Kier molecular flexibility index (Phi) is 8.11. The van der Waals surface area contributed by atoms with Gasteiger partial charge in [0, 0.05) is 45.3 Å². The van der Waals surface area contributed by atoms with Gasteiger partial charge in [0.05, 0.1) is 23.3 Å². The quantitative estimate of drug-likeness (QED) is 0.392. The molecule has 1 saturated heterocycles. The smallest absolute Gasteiger partial charge is 0.293 e. The second-order valence-corrected chi connectivity index (χ2v) is 9.83. The van der Waals surface area contributed by atoms with Gasteiger partial charge in [-0.3, -0.25) is 14.9 Å². The molecule has 1 amide bonds. The number of piperazine rings is 1. The minimum absolute atomic E-state index is 0.0139. The topological polar surface area (TPSA) is 113 Å². The van der Waals surface area contributed by atoms with Crippen LogP contribution in [0.4, 0.5) is 11.4 Å². The molecule has 3 rings (SSSR count). The summed E-state index contributed by atoms with van der Waals surface area (Å²) in [6.45, 7) is 5.67. The standard InChI is InChI=1S/C23H30N4O6S/c1-4-26(5-2)34(31,32)20-10-11-21(22(17-20)27(29)30)24-12-14-25(15-13-24)23(28)16-18-6-8-19(33-3)9-7-18/h6-11,17H,4-5,12-16H2,1-3H3. The number of nitro groups is 1. The van der Waals surface area contributed by atoms with Crippen LogP contribution in [0.5, 0.6) is 5.75 Å². The van der Waals surface area contributed by atoms with Crippen LogP contribution in [0.15, 0.2) is 47.4 Å². The molecule has 0 unspecified atom stereocenters. The first kappa shape index (κ1) is 25.4. The maximum absolute atomic E-state index is 12.8. The number of nitrogens with zero attached hydrogens (tertiary/aromatic N) is 4. The van der Waals surface area contributed by atoms with E-state index in [1.165, 1.54) is 16.4 Å². The van der Waals surface area contributed by atoms with E-state index < -0.39 is 14.9 Å². The molecule has 1 aliphatic heterocycles. The van der Waals surface area contributed by atoms with Gasteiger partial charge in [0.15, 0.2) is 0 Å². The molecular formula is C23H30N4O6S. The highest BCUT2D eigenvalue weighted by Crippen LogP contribution is 2.32. The van der Waals surface area contributed by atoms with E-state index in [2.05, 4.69) is 0 Å². The van der Waals surface area contributed by atoms with Crippen molar-refractivity contribution >= 4 is 27.3 Å². The van der Waals surface area contributed by atoms with E-state index in [0.29, 0.717) is 31.9 Å². The Labute approximate surface area is 199 Å². The lowest BCUT2D eigenvalue weighted by Gasteiger charge is -2.36. The number of hydrogen-bond acceptors (Lipinski definition) is 7. The summed E-state index contributed by atoms with van der Waals surface area (Å²) in [7, 11) is -2.22. The monoisotopic (exact) mass is 490 g/mol. The Balaban J connectivity index is 1.71. The van der Waals surface area contributed by atoms with Crippen LogP contribution in [0.25, 0.3) is 0 Å². The molecule has 1 heterocycles. The van der Waals surface area contributed by atoms with Crippen LogP contribution in [-0.2, 0) is 21.2 Å². The number of sulfonamides is 1. The lowest BCUT2D eigenvalue weighted by molar-refractivity contribution is -0.384. The summed E-state index contributed by atoms with van der Waals surface area (Å²) in [5, 5.41) is 11.8. The first-order valence-corrected chi connectivity index (χ1v) is 12.6. The summed E-state index contributed by atoms with van der Waals surface area (Å²) >= 11 is 0. The van der Waals surface area contributed by atoms with Crippen molar-refractivity contribution in [3.63, 3.8) is 0 Å². The first-order valence-electron chi connectivity index (χ1n) is 11.2. The van der Waals surface area contributed by atoms with Gasteiger partial charge in [-0.1, -0.05) is 26.0 Å². The second-order valence-electron chi connectivity index (χ2n) is 7.89. The summed E-state index contributed by atoms with van der Waals surface area (Å²) in [6, 6.07) is 11.4. The van der Waals surface area contributed by atoms with E-state index in [-0.39, 0.29) is 36.0 Å². The SMILES string of the molecule is CCN(CC)S(=O)(=O)c1ccc(N2CCN(C(=O)Cc3ccc(OC)cc3)CC2)c([N+](=O)[O-])c1. The molecule has 2 aromatic rings. The van der Waals surface area contributed by atoms with E-state index in [0.717, 1.165) is 17.4 Å². The van der Waals surface area contributed by atoms with Crippen LogP contribution >= 0.6 is 0 Å². The minimum atomic E-state index is -3.81. The number of carbonyl (C=O) groups is 1. The number of hydrogen-bond donors (Lipinski definition) is 0. The first-order chi connectivity index (χ1) is 16.2. The zero-order chi connectivity index (χ0) is 24.9. The molecule has 1 aliphatic rings. The van der Waals surface area contributed by atoms with Gasteiger partial charge in [-0.15, -0.1) is 0 Å². The van der Waals surface area contributed by atoms with E-state index in [4.69, 9.17) is 4.74 Å². The molecule has 0 aromatic heterocycles. The van der Waals surface area contributed by atoms with E-state index in [1.807, 2.05) is 29.2 Å². The molecule has 11 heteroatoms. The van der Waals surface area contributed by atoms with Gasteiger partial charge >= 0.3 is 0 Å². The lowest BCUT2D eigenvalue weighted by Crippen LogP contribution is -2.49. The van der Waals surface area contributed by atoms with Crippen molar-refractivity contribution in [3.8, 4) is 5.75 Å². The predicted molar refractivity (Wildman–Crippen MR) is 129 cm³/mol. The molecule has 0 atom stereocenters. The van der Waals surface area contributed by atoms with Crippen molar-refractivity contribution in [1.82, 2.24) is 9.21 Å². The number of anilines is 1. The van der Waals surface area contributed by atoms with Crippen molar-refractivity contribution in [2.75, 3.05) is 51.3 Å². The molecule has 1 fully saturated rings. The maximum atomic E-state index is 12.8. The fraction of sp³-hybridized carbons (Fsp3) is 0.435. The number of nitro benzene ring substituents is 1. The molecule has 0 saturated carbocycles. The molecule has 0 aliphatic carbocycles. The fourth-order valence-electron chi connectivity index (χ4n) is 4.02. The molecule has 0 radical (unpaired) electrons. The average Bonchev–Trinajstić information content (AvgIpc) is 2.84. The molecule has 10 nitrogen and oxygen atoms in total. The number of ether oxygens (including phenoxy) is 1. The van der Waals surface area contributed by atoms with Crippen LogP contribution in [0.3, 0.4) is 0 Å². The third-order valence-corrected chi connectivity index (χ3v) is 8.02. The zero-order valence-electron chi connectivity index (χ0n) is 19.6. The Morgan fingerprint density at radius 3 is 2.21 bits per heavy atom. The Hall–Kier alpha value is -3.18. The minimum Gasteiger partial charge on any atom is -0.497 e. The van der Waals surface area contributed by atoms with Crippen LogP contribution in [-0.4, -0.2) is 74.8 Å². The highest BCUT2D eigenvalue weighted by Gasteiger charge is 2.29. The van der Waals surface area contributed by atoms with Crippen molar-refractivity contribution in [2.45, 2.75) is 25.2 Å². The zero-order valence-corrected chi connectivity index (χ0v) is 20.5. The van der Waals surface area contributed by atoms with E-state index in [1.54, 1.807) is 25.9 Å². The summed E-state index contributed by atoms with van der Waals surface area (Å²) in [5.74, 6) is 0.710. The van der Waals surface area contributed by atoms with Gasteiger partial charge < -0.3 is 14.5 Å². The van der Waals surface area contributed by atoms with E-state index >= 15 is 0 Å². The lowest BCUT2D eigenvalue weighted by atomic mass is 10.1. The number of carbonyl (C=O) groups excluding carboxylic acids is 1. The average molecular weight is 491 g/mol. The number of amides is 1. The van der Waals surface area contributed by atoms with Crippen LogP contribution in [0.2, 0.25) is 0 Å². The molecule has 0 bridgehead atoms. The van der Waals surface area contributed by atoms with Crippen molar-refractivity contribution in [1.29, 1.82) is 0 Å². The summed E-state index contributed by atoms with van der Waals surface area (Å²) in [6.07, 6.45) is 0.266. The van der Waals surface area contributed by atoms with Gasteiger partial charge in [0.25, 0.3) is 5.69 Å². The largest absolute Gasteiger partial charge is 0.497 e. The maximum Gasteiger partial charge on any atom is 0.293 e. The van der Waals surface area contributed by atoms with Gasteiger partial charge in [0.1, 0.15) is 11.4 Å². The van der Waals surface area contributed by atoms with Crippen LogP contribution in [0.1, 0.15) is 19.4 Å². The molecular weight excluding hydrogens is 460 g/mol. The summed E-state index contributed by atoms with van der Waals surface area (Å²) < 4.78 is 32.0. The fourth-order valence-corrected chi connectivity index (χ4v) is 5.50. The Morgan fingerprint density at radius 2 is 1.68 bits per heavy atom. The molecule has 2 aromatic carbocycles. The third-order valence-electron chi connectivity index (χ3n) is 5.97. The Bertz CT molecular complexity index is 1120. The van der Waals surface area contributed by atoms with Gasteiger partial charge in [-0.05, 0) is 29.8 Å². The second kappa shape index (κ2) is 10.8. The number of methoxy groups -OCH3 is 1. The van der Waals surface area contributed by atoms with Gasteiger partial charge in [-0.2, -0.15) is 4.31 Å². The van der Waals surface area contributed by atoms with Gasteiger partial charge in [-0.25, -0.2) is 8.42 Å². The summed E-state index contributed by atoms with van der Waals surface area (Å²) in [5.41, 5.74) is 0.978. The van der Waals surface area contributed by atoms with Crippen molar-refractivity contribution in [2.24, 2.45) is 0 Å². The molecule has 0 spiro atoms. The van der Waals surface area contributed by atoms with Crippen LogP contribution < -0.4 is 9.64 Å². The third kappa shape index (κ3) is 5.48. The number of rotatable bonds is 9. The highest BCUT2D eigenvalue weighted by atomic mass is 32.2. The Morgan fingerprint density at radius 1 is 1.06 bits per heavy atom.